The van der Waals surface area contributed by atoms with E-state index in [0.29, 0.717) is 0 Å². The fourth-order valence-corrected chi connectivity index (χ4v) is 1.49. The summed E-state index contributed by atoms with van der Waals surface area (Å²) in [5.74, 6) is -1.54. The number of methoxy groups -OCH3 is 1. The van der Waals surface area contributed by atoms with Gasteiger partial charge in [-0.15, -0.1) is 0 Å². The normalized spacial score (nSPS) is 11.5. The first-order chi connectivity index (χ1) is 9.74. The smallest absolute Gasteiger partial charge is 0.407 e. The van der Waals surface area contributed by atoms with Crippen molar-refractivity contribution in [2.75, 3.05) is 13.7 Å². The zero-order valence-corrected chi connectivity index (χ0v) is 12.5. The molecule has 1 amide bonds. The van der Waals surface area contributed by atoms with Gasteiger partial charge in [0.15, 0.2) is 11.6 Å². The monoisotopic (exact) mass is 299 g/mol. The number of nitrogens with one attached hydrogen (secondary N) is 1. The Morgan fingerprint density at radius 2 is 2.00 bits per heavy atom. The first-order valence-corrected chi connectivity index (χ1v) is 6.40. The molecule has 4 nitrogen and oxygen atoms in total. The van der Waals surface area contributed by atoms with Crippen molar-refractivity contribution in [1.29, 1.82) is 0 Å². The third-order valence-corrected chi connectivity index (χ3v) is 2.36. The van der Waals surface area contributed by atoms with Crippen molar-refractivity contribution in [3.63, 3.8) is 0 Å². The number of alkyl carbamates (subject to hydrolysis) is 1. The summed E-state index contributed by atoms with van der Waals surface area (Å²) in [7, 11) is 1.30. The maximum atomic E-state index is 13.8. The Bertz CT molecular complexity index is 536. The molecule has 0 aliphatic carbocycles. The molecule has 116 valence electrons. The van der Waals surface area contributed by atoms with E-state index < -0.39 is 23.3 Å². The number of halogens is 2. The van der Waals surface area contributed by atoms with Crippen LogP contribution >= 0.6 is 0 Å². The van der Waals surface area contributed by atoms with E-state index >= 15 is 0 Å². The topological polar surface area (TPSA) is 47.6 Å². The number of hydrogen-bond acceptors (Lipinski definition) is 3. The standard InChI is InChI=1S/C15H19F2NO3/c1-15(2,3)21-14(19)18-9-5-6-10-11(16)7-8-12(20-4)13(10)17/h5-8H,9H2,1-4H3,(H,18,19). The van der Waals surface area contributed by atoms with Gasteiger partial charge in [0.05, 0.1) is 7.11 Å². The summed E-state index contributed by atoms with van der Waals surface area (Å²) in [6, 6.07) is 2.32. The van der Waals surface area contributed by atoms with Crippen LogP contribution in [0.5, 0.6) is 5.75 Å². The molecule has 0 bridgehead atoms. The van der Waals surface area contributed by atoms with Gasteiger partial charge in [0.1, 0.15) is 11.4 Å². The molecule has 0 aliphatic heterocycles. The van der Waals surface area contributed by atoms with E-state index in [4.69, 9.17) is 9.47 Å². The number of benzene rings is 1. The van der Waals surface area contributed by atoms with Gasteiger partial charge in [0.2, 0.25) is 0 Å². The predicted octanol–water partition coefficient (Wildman–Crippen LogP) is 3.51. The molecule has 1 rings (SSSR count). The van der Waals surface area contributed by atoms with Gasteiger partial charge in [-0.05, 0) is 32.9 Å². The average Bonchev–Trinajstić information content (AvgIpc) is 2.35. The molecule has 21 heavy (non-hydrogen) atoms. The fraction of sp³-hybridized carbons (Fsp3) is 0.400. The first kappa shape index (κ1) is 16.9. The molecule has 0 fully saturated rings. The number of amides is 1. The molecule has 1 N–H and O–H groups in total. The van der Waals surface area contributed by atoms with Crippen LogP contribution in [0, 0.1) is 11.6 Å². The Hall–Kier alpha value is -2.11. The van der Waals surface area contributed by atoms with Gasteiger partial charge in [0.25, 0.3) is 0 Å². The summed E-state index contributed by atoms with van der Waals surface area (Å²) in [5, 5.41) is 2.45. The van der Waals surface area contributed by atoms with Crippen molar-refractivity contribution in [3.8, 4) is 5.75 Å². The highest BCUT2D eigenvalue weighted by Crippen LogP contribution is 2.23. The molecule has 0 saturated carbocycles. The minimum absolute atomic E-state index is 0.0452. The van der Waals surface area contributed by atoms with Gasteiger partial charge >= 0.3 is 6.09 Å². The molecule has 0 aromatic heterocycles. The van der Waals surface area contributed by atoms with Gasteiger partial charge in [-0.25, -0.2) is 13.6 Å². The molecule has 6 heteroatoms. The van der Waals surface area contributed by atoms with Crippen LogP contribution in [-0.2, 0) is 4.74 Å². The van der Waals surface area contributed by atoms with E-state index in [1.807, 2.05) is 0 Å². The van der Waals surface area contributed by atoms with E-state index in [1.165, 1.54) is 25.3 Å². The van der Waals surface area contributed by atoms with Crippen molar-refractivity contribution in [3.05, 3.63) is 35.4 Å². The van der Waals surface area contributed by atoms with Crippen LogP contribution in [0.25, 0.3) is 6.08 Å². The highest BCUT2D eigenvalue weighted by molar-refractivity contribution is 5.68. The highest BCUT2D eigenvalue weighted by Gasteiger charge is 2.15. The Balaban J connectivity index is 2.64. The molecular formula is C15H19F2NO3. The quantitative estimate of drug-likeness (QED) is 0.925. The summed E-state index contributed by atoms with van der Waals surface area (Å²) < 4.78 is 37.1. The second-order valence-electron chi connectivity index (χ2n) is 5.26. The maximum absolute atomic E-state index is 13.8. The van der Waals surface area contributed by atoms with E-state index in [-0.39, 0.29) is 17.9 Å². The third-order valence-electron chi connectivity index (χ3n) is 2.36. The van der Waals surface area contributed by atoms with E-state index in [2.05, 4.69) is 5.32 Å². The second kappa shape index (κ2) is 7.06. The Morgan fingerprint density at radius 1 is 1.33 bits per heavy atom. The summed E-state index contributed by atoms with van der Waals surface area (Å²) in [6.45, 7) is 5.31. The molecule has 0 atom stereocenters. The zero-order valence-electron chi connectivity index (χ0n) is 12.5. The Labute approximate surface area is 122 Å². The van der Waals surface area contributed by atoms with Crippen LogP contribution in [0.15, 0.2) is 18.2 Å². The largest absolute Gasteiger partial charge is 0.494 e. The zero-order chi connectivity index (χ0) is 16.0. The number of rotatable bonds is 4. The Morgan fingerprint density at radius 3 is 2.57 bits per heavy atom. The molecule has 0 aliphatic rings. The Kier molecular flexibility index (Phi) is 5.69. The van der Waals surface area contributed by atoms with E-state index in [0.717, 1.165) is 6.07 Å². The molecular weight excluding hydrogens is 280 g/mol. The molecule has 0 unspecified atom stereocenters. The number of carbonyl (C=O) groups excluding carboxylic acids is 1. The highest BCUT2D eigenvalue weighted by atomic mass is 19.1. The lowest BCUT2D eigenvalue weighted by atomic mass is 10.1. The minimum atomic E-state index is -0.786. The van der Waals surface area contributed by atoms with Crippen LogP contribution in [0.4, 0.5) is 13.6 Å². The summed E-state index contributed by atoms with van der Waals surface area (Å²) in [4.78, 5) is 11.4. The van der Waals surface area contributed by atoms with Crippen molar-refractivity contribution in [2.45, 2.75) is 26.4 Å². The van der Waals surface area contributed by atoms with Crippen molar-refractivity contribution >= 4 is 12.2 Å². The SMILES string of the molecule is COc1ccc(F)c(C=CCNC(=O)OC(C)(C)C)c1F. The summed E-state index contributed by atoms with van der Waals surface area (Å²) >= 11 is 0. The number of hydrogen-bond donors (Lipinski definition) is 1. The van der Waals surface area contributed by atoms with Crippen LogP contribution in [0.1, 0.15) is 26.3 Å². The fourth-order valence-electron chi connectivity index (χ4n) is 1.49. The molecule has 1 aromatic rings. The van der Waals surface area contributed by atoms with Crippen LogP contribution in [0.3, 0.4) is 0 Å². The predicted molar refractivity (Wildman–Crippen MR) is 76.2 cm³/mol. The van der Waals surface area contributed by atoms with Crippen LogP contribution < -0.4 is 10.1 Å². The lowest BCUT2D eigenvalue weighted by Gasteiger charge is -2.19. The van der Waals surface area contributed by atoms with Gasteiger partial charge < -0.3 is 14.8 Å². The first-order valence-electron chi connectivity index (χ1n) is 6.40. The maximum Gasteiger partial charge on any atom is 0.407 e. The van der Waals surface area contributed by atoms with Crippen molar-refractivity contribution in [2.24, 2.45) is 0 Å². The van der Waals surface area contributed by atoms with Gasteiger partial charge in [-0.3, -0.25) is 0 Å². The molecule has 0 heterocycles. The lowest BCUT2D eigenvalue weighted by molar-refractivity contribution is 0.0534. The van der Waals surface area contributed by atoms with E-state index in [1.54, 1.807) is 20.8 Å². The summed E-state index contributed by atoms with van der Waals surface area (Å²) in [6.07, 6.45) is 2.06. The number of carbonyl (C=O) groups is 1. The van der Waals surface area contributed by atoms with Crippen LogP contribution in [-0.4, -0.2) is 25.3 Å². The van der Waals surface area contributed by atoms with Gasteiger partial charge in [0, 0.05) is 12.1 Å². The minimum Gasteiger partial charge on any atom is -0.494 e. The average molecular weight is 299 g/mol. The molecule has 0 spiro atoms. The molecule has 0 radical (unpaired) electrons. The second-order valence-corrected chi connectivity index (χ2v) is 5.26. The lowest BCUT2D eigenvalue weighted by Crippen LogP contribution is -2.32. The van der Waals surface area contributed by atoms with Gasteiger partial charge in [-0.2, -0.15) is 0 Å². The summed E-state index contributed by atoms with van der Waals surface area (Å²) in [5.41, 5.74) is -0.820. The third kappa shape index (κ3) is 5.41. The molecule has 1 aromatic carbocycles. The van der Waals surface area contributed by atoms with E-state index in [9.17, 15) is 13.6 Å². The van der Waals surface area contributed by atoms with Gasteiger partial charge in [-0.1, -0.05) is 12.2 Å². The molecule has 0 saturated heterocycles. The van der Waals surface area contributed by atoms with Crippen molar-refractivity contribution in [1.82, 2.24) is 5.32 Å². The van der Waals surface area contributed by atoms with Crippen molar-refractivity contribution < 1.29 is 23.0 Å². The van der Waals surface area contributed by atoms with Crippen LogP contribution in [0.2, 0.25) is 0 Å². The number of ether oxygens (including phenoxy) is 2.